The SMILES string of the molecule is CCCO/N=C(/[C]=O)c1nsc(N)n1. The molecule has 6 nitrogen and oxygen atoms in total. The third-order valence-corrected chi connectivity index (χ3v) is 1.74. The van der Waals surface area contributed by atoms with Gasteiger partial charge in [-0.15, -0.1) is 0 Å². The number of nitrogen functional groups attached to an aromatic ring is 1. The van der Waals surface area contributed by atoms with Gasteiger partial charge in [0.25, 0.3) is 6.29 Å². The summed E-state index contributed by atoms with van der Waals surface area (Å²) in [7, 11) is 0. The summed E-state index contributed by atoms with van der Waals surface area (Å²) in [6.07, 6.45) is 2.40. The van der Waals surface area contributed by atoms with Crippen LogP contribution in [0.4, 0.5) is 5.13 Å². The van der Waals surface area contributed by atoms with Crippen LogP contribution >= 0.6 is 11.5 Å². The second-order valence-corrected chi connectivity index (χ2v) is 3.11. The lowest BCUT2D eigenvalue weighted by Gasteiger charge is -1.94. The first-order valence-electron chi connectivity index (χ1n) is 3.95. The molecule has 7 heteroatoms. The quantitative estimate of drug-likeness (QED) is 0.433. The van der Waals surface area contributed by atoms with Gasteiger partial charge in [-0.05, 0) is 6.42 Å². The Labute approximate surface area is 84.9 Å². The molecule has 0 aliphatic rings. The largest absolute Gasteiger partial charge is 0.395 e. The van der Waals surface area contributed by atoms with Crippen molar-refractivity contribution in [1.29, 1.82) is 0 Å². The van der Waals surface area contributed by atoms with Crippen LogP contribution in [0.2, 0.25) is 0 Å². The molecule has 1 radical (unpaired) electrons. The van der Waals surface area contributed by atoms with Gasteiger partial charge in [-0.3, -0.25) is 4.79 Å². The number of hydrogen-bond acceptors (Lipinski definition) is 7. The summed E-state index contributed by atoms with van der Waals surface area (Å²) in [6, 6.07) is 0. The molecular formula is C7H9N4O2S. The van der Waals surface area contributed by atoms with Crippen molar-refractivity contribution in [2.45, 2.75) is 13.3 Å². The monoisotopic (exact) mass is 213 g/mol. The summed E-state index contributed by atoms with van der Waals surface area (Å²) < 4.78 is 3.80. The number of rotatable bonds is 5. The van der Waals surface area contributed by atoms with Crippen LogP contribution < -0.4 is 5.73 Å². The van der Waals surface area contributed by atoms with E-state index < -0.39 is 0 Å². The molecule has 0 amide bonds. The Hall–Kier alpha value is -1.50. The molecule has 0 saturated carbocycles. The van der Waals surface area contributed by atoms with E-state index in [1.54, 1.807) is 6.29 Å². The van der Waals surface area contributed by atoms with Crippen molar-refractivity contribution < 1.29 is 9.63 Å². The van der Waals surface area contributed by atoms with Gasteiger partial charge < -0.3 is 10.6 Å². The fourth-order valence-electron chi connectivity index (χ4n) is 0.638. The van der Waals surface area contributed by atoms with Crippen LogP contribution in [0, 0.1) is 0 Å². The number of anilines is 1. The van der Waals surface area contributed by atoms with Gasteiger partial charge in [0, 0.05) is 11.5 Å². The van der Waals surface area contributed by atoms with Gasteiger partial charge in [0.05, 0.1) is 0 Å². The molecule has 0 aliphatic carbocycles. The summed E-state index contributed by atoms with van der Waals surface area (Å²) in [6.45, 7) is 2.36. The average molecular weight is 213 g/mol. The Balaban J connectivity index is 2.71. The summed E-state index contributed by atoms with van der Waals surface area (Å²) in [4.78, 5) is 19.0. The Morgan fingerprint density at radius 3 is 3.07 bits per heavy atom. The Bertz CT molecular complexity index is 336. The molecule has 0 atom stereocenters. The molecule has 75 valence electrons. The fraction of sp³-hybridized carbons (Fsp3) is 0.429. The summed E-state index contributed by atoms with van der Waals surface area (Å²) in [5.41, 5.74) is 5.28. The molecule has 0 fully saturated rings. The highest BCUT2D eigenvalue weighted by molar-refractivity contribution is 7.09. The minimum Gasteiger partial charge on any atom is -0.395 e. The van der Waals surface area contributed by atoms with Crippen LogP contribution in [0.1, 0.15) is 19.2 Å². The molecule has 1 rings (SSSR count). The minimum atomic E-state index is -0.0635. The van der Waals surface area contributed by atoms with E-state index in [9.17, 15) is 4.79 Å². The van der Waals surface area contributed by atoms with Gasteiger partial charge in [-0.1, -0.05) is 12.1 Å². The van der Waals surface area contributed by atoms with Crippen molar-refractivity contribution in [3.8, 4) is 0 Å². The molecule has 0 aliphatic heterocycles. The Morgan fingerprint density at radius 2 is 2.57 bits per heavy atom. The molecule has 0 aromatic carbocycles. The van der Waals surface area contributed by atoms with E-state index in [-0.39, 0.29) is 16.7 Å². The van der Waals surface area contributed by atoms with Crippen LogP contribution in [0.15, 0.2) is 5.16 Å². The first kappa shape index (κ1) is 10.6. The van der Waals surface area contributed by atoms with Crippen molar-refractivity contribution in [2.24, 2.45) is 5.16 Å². The standard InChI is InChI=1S/C7H9N4O2S/c1-2-3-13-10-5(4-12)6-9-7(8)14-11-6/h2-3H2,1H3,(H2,8,9,11)/b10-5-. The van der Waals surface area contributed by atoms with Crippen molar-refractivity contribution >= 4 is 28.7 Å². The Morgan fingerprint density at radius 1 is 1.79 bits per heavy atom. The summed E-state index contributed by atoms with van der Waals surface area (Å²) in [5.74, 6) is 0.151. The number of nitrogens with zero attached hydrogens (tertiary/aromatic N) is 3. The van der Waals surface area contributed by atoms with Crippen LogP contribution in [0.5, 0.6) is 0 Å². The van der Waals surface area contributed by atoms with E-state index in [1.807, 2.05) is 6.92 Å². The van der Waals surface area contributed by atoms with Gasteiger partial charge in [0.1, 0.15) is 6.61 Å². The maximum Gasteiger partial charge on any atom is 0.261 e. The zero-order valence-corrected chi connectivity index (χ0v) is 8.37. The second kappa shape index (κ2) is 5.28. The predicted molar refractivity (Wildman–Crippen MR) is 52.8 cm³/mol. The third-order valence-electron chi connectivity index (χ3n) is 1.20. The number of hydrogen-bond donors (Lipinski definition) is 1. The van der Waals surface area contributed by atoms with Gasteiger partial charge in [0.15, 0.2) is 10.8 Å². The zero-order valence-electron chi connectivity index (χ0n) is 7.56. The third kappa shape index (κ3) is 2.77. The molecule has 1 heterocycles. The zero-order chi connectivity index (χ0) is 10.4. The average Bonchev–Trinajstić information content (AvgIpc) is 2.60. The van der Waals surface area contributed by atoms with Crippen molar-refractivity contribution in [1.82, 2.24) is 9.36 Å². The lowest BCUT2D eigenvalue weighted by atomic mass is 10.4. The van der Waals surface area contributed by atoms with Crippen molar-refractivity contribution in [3.05, 3.63) is 5.82 Å². The van der Waals surface area contributed by atoms with E-state index in [2.05, 4.69) is 14.5 Å². The topological polar surface area (TPSA) is 90.5 Å². The maximum atomic E-state index is 10.5. The molecule has 0 spiro atoms. The fourth-order valence-corrected chi connectivity index (χ4v) is 1.07. The summed E-state index contributed by atoms with van der Waals surface area (Å²) >= 11 is 0.989. The van der Waals surface area contributed by atoms with E-state index in [4.69, 9.17) is 10.6 Å². The molecule has 1 aromatic heterocycles. The van der Waals surface area contributed by atoms with E-state index in [1.165, 1.54) is 0 Å². The predicted octanol–water partition coefficient (Wildman–Crippen LogP) is 0.361. The van der Waals surface area contributed by atoms with E-state index >= 15 is 0 Å². The maximum absolute atomic E-state index is 10.5. The highest BCUT2D eigenvalue weighted by Crippen LogP contribution is 2.06. The van der Waals surface area contributed by atoms with Crippen LogP contribution in [0.3, 0.4) is 0 Å². The highest BCUT2D eigenvalue weighted by atomic mass is 32.1. The highest BCUT2D eigenvalue weighted by Gasteiger charge is 2.10. The van der Waals surface area contributed by atoms with Crippen molar-refractivity contribution in [3.63, 3.8) is 0 Å². The van der Waals surface area contributed by atoms with Gasteiger partial charge >= 0.3 is 0 Å². The number of aromatic nitrogens is 2. The van der Waals surface area contributed by atoms with Crippen LogP contribution in [0.25, 0.3) is 0 Å². The smallest absolute Gasteiger partial charge is 0.261 e. The molecule has 2 N–H and O–H groups in total. The van der Waals surface area contributed by atoms with Crippen LogP contribution in [-0.2, 0) is 9.63 Å². The molecule has 0 bridgehead atoms. The lowest BCUT2D eigenvalue weighted by molar-refractivity contribution is 0.145. The molecular weight excluding hydrogens is 204 g/mol. The van der Waals surface area contributed by atoms with E-state index in [0.717, 1.165) is 18.0 Å². The van der Waals surface area contributed by atoms with Gasteiger partial charge in [0.2, 0.25) is 5.82 Å². The lowest BCUT2D eigenvalue weighted by Crippen LogP contribution is -2.06. The van der Waals surface area contributed by atoms with Crippen molar-refractivity contribution in [2.75, 3.05) is 12.3 Å². The number of nitrogens with two attached hydrogens (primary N) is 1. The van der Waals surface area contributed by atoms with Gasteiger partial charge in [-0.2, -0.15) is 9.36 Å². The van der Waals surface area contributed by atoms with E-state index in [0.29, 0.717) is 6.61 Å². The summed E-state index contributed by atoms with van der Waals surface area (Å²) in [5, 5.41) is 3.81. The Kier molecular flexibility index (Phi) is 3.99. The molecule has 0 unspecified atom stereocenters. The minimum absolute atomic E-state index is 0.0635. The number of oxime groups is 1. The van der Waals surface area contributed by atoms with Gasteiger partial charge in [-0.25, -0.2) is 0 Å². The molecule has 1 aromatic rings. The number of carbonyl (C=O) groups excluding carboxylic acids is 1. The molecule has 0 saturated heterocycles. The normalized spacial score (nSPS) is 11.4. The first-order valence-corrected chi connectivity index (χ1v) is 4.73. The second-order valence-electron chi connectivity index (χ2n) is 2.33. The molecule has 14 heavy (non-hydrogen) atoms. The van der Waals surface area contributed by atoms with Crippen LogP contribution in [-0.4, -0.2) is 28.0 Å². The first-order chi connectivity index (χ1) is 6.77.